The molecule has 0 aromatic heterocycles. The van der Waals surface area contributed by atoms with Crippen molar-refractivity contribution in [1.82, 2.24) is 0 Å². The number of anilines is 1. The van der Waals surface area contributed by atoms with Crippen molar-refractivity contribution < 1.29 is 4.39 Å². The molecular weight excluding hydrogens is 249 g/mol. The summed E-state index contributed by atoms with van der Waals surface area (Å²) < 4.78 is 14.0. The van der Waals surface area contributed by atoms with Gasteiger partial charge in [0.15, 0.2) is 0 Å². The van der Waals surface area contributed by atoms with Gasteiger partial charge in [0.2, 0.25) is 0 Å². The second-order valence-electron chi connectivity index (χ2n) is 4.50. The summed E-state index contributed by atoms with van der Waals surface area (Å²) in [5.74, 6) is -0.383. The van der Waals surface area contributed by atoms with Crippen LogP contribution in [0.5, 0.6) is 0 Å². The Hall–Kier alpha value is -1.23. The van der Waals surface area contributed by atoms with Crippen LogP contribution < -0.4 is 10.6 Å². The Labute approximate surface area is 111 Å². The molecule has 3 N–H and O–H groups in total. The summed E-state index contributed by atoms with van der Waals surface area (Å²) in [5.41, 5.74) is 6.41. The van der Waals surface area contributed by atoms with Gasteiger partial charge in [0.1, 0.15) is 11.7 Å². The van der Waals surface area contributed by atoms with E-state index in [-0.39, 0.29) is 11.7 Å². The first-order chi connectivity index (χ1) is 8.61. The SMILES string of the molecule is CSC1CCN(c2ccc(C(=N)N)cc2F)CC1. The number of thioether (sulfide) groups is 1. The Morgan fingerprint density at radius 2 is 2.11 bits per heavy atom. The summed E-state index contributed by atoms with van der Waals surface area (Å²) in [5, 5.41) is 7.99. The fourth-order valence-electron chi connectivity index (χ4n) is 2.26. The molecule has 18 heavy (non-hydrogen) atoms. The lowest BCUT2D eigenvalue weighted by Gasteiger charge is -2.33. The van der Waals surface area contributed by atoms with Crippen LogP contribution in [0.25, 0.3) is 0 Å². The predicted octanol–water partition coefficient (Wildman–Crippen LogP) is 2.44. The smallest absolute Gasteiger partial charge is 0.147 e. The van der Waals surface area contributed by atoms with Gasteiger partial charge in [-0.25, -0.2) is 4.39 Å². The highest BCUT2D eigenvalue weighted by atomic mass is 32.2. The lowest BCUT2D eigenvalue weighted by Crippen LogP contribution is -2.35. The van der Waals surface area contributed by atoms with Crippen LogP contribution in [0.3, 0.4) is 0 Å². The first-order valence-electron chi connectivity index (χ1n) is 6.03. The standard InChI is InChI=1S/C13H18FN3S/c1-18-10-4-6-17(7-5-10)12-3-2-9(13(15)16)8-11(12)14/h2-3,8,10H,4-7H2,1H3,(H3,15,16). The molecule has 98 valence electrons. The second-order valence-corrected chi connectivity index (χ2v) is 5.64. The van der Waals surface area contributed by atoms with Gasteiger partial charge in [0, 0.05) is 23.9 Å². The van der Waals surface area contributed by atoms with E-state index in [4.69, 9.17) is 11.1 Å². The van der Waals surface area contributed by atoms with Crippen molar-refractivity contribution in [2.75, 3.05) is 24.2 Å². The van der Waals surface area contributed by atoms with E-state index in [1.54, 1.807) is 12.1 Å². The monoisotopic (exact) mass is 267 g/mol. The summed E-state index contributed by atoms with van der Waals surface area (Å²) in [6, 6.07) is 4.78. The molecule has 1 aliphatic rings. The summed E-state index contributed by atoms with van der Waals surface area (Å²) in [4.78, 5) is 2.08. The molecule has 1 aromatic rings. The van der Waals surface area contributed by atoms with Crippen molar-refractivity contribution in [3.05, 3.63) is 29.6 Å². The maximum Gasteiger partial charge on any atom is 0.147 e. The highest BCUT2D eigenvalue weighted by Gasteiger charge is 2.20. The van der Waals surface area contributed by atoms with E-state index in [9.17, 15) is 4.39 Å². The first-order valence-corrected chi connectivity index (χ1v) is 7.32. The van der Waals surface area contributed by atoms with Crippen molar-refractivity contribution in [3.8, 4) is 0 Å². The Morgan fingerprint density at radius 3 is 2.61 bits per heavy atom. The van der Waals surface area contributed by atoms with Crippen LogP contribution in [0.15, 0.2) is 18.2 Å². The van der Waals surface area contributed by atoms with E-state index in [1.807, 2.05) is 11.8 Å². The number of benzene rings is 1. The van der Waals surface area contributed by atoms with Crippen LogP contribution >= 0.6 is 11.8 Å². The van der Waals surface area contributed by atoms with Crippen LogP contribution in [0.2, 0.25) is 0 Å². The topological polar surface area (TPSA) is 53.1 Å². The number of piperidine rings is 1. The third kappa shape index (κ3) is 2.77. The zero-order valence-corrected chi connectivity index (χ0v) is 11.3. The number of nitrogens with one attached hydrogen (secondary N) is 1. The first kappa shape index (κ1) is 13.2. The molecule has 0 amide bonds. The van der Waals surface area contributed by atoms with Crippen molar-refractivity contribution in [3.63, 3.8) is 0 Å². The van der Waals surface area contributed by atoms with Gasteiger partial charge in [-0.2, -0.15) is 11.8 Å². The average molecular weight is 267 g/mol. The number of hydrogen-bond donors (Lipinski definition) is 2. The van der Waals surface area contributed by atoms with Gasteiger partial charge in [0.25, 0.3) is 0 Å². The molecule has 0 radical (unpaired) electrons. The summed E-state index contributed by atoms with van der Waals surface area (Å²) >= 11 is 1.89. The molecule has 0 spiro atoms. The number of nitrogens with two attached hydrogens (primary N) is 1. The molecular formula is C13H18FN3S. The highest BCUT2D eigenvalue weighted by Crippen LogP contribution is 2.27. The molecule has 5 heteroatoms. The molecule has 0 aliphatic carbocycles. The molecule has 2 rings (SSSR count). The molecule has 3 nitrogen and oxygen atoms in total. The van der Waals surface area contributed by atoms with Crippen molar-refractivity contribution >= 4 is 23.3 Å². The molecule has 0 bridgehead atoms. The fraction of sp³-hybridized carbons (Fsp3) is 0.462. The third-order valence-electron chi connectivity index (χ3n) is 3.37. The number of halogens is 1. The van der Waals surface area contributed by atoms with E-state index in [0.717, 1.165) is 25.9 Å². The normalized spacial score (nSPS) is 16.9. The number of hydrogen-bond acceptors (Lipinski definition) is 3. The minimum atomic E-state index is -0.287. The maximum atomic E-state index is 14.0. The Morgan fingerprint density at radius 1 is 1.44 bits per heavy atom. The summed E-state index contributed by atoms with van der Waals surface area (Å²) in [6.45, 7) is 1.78. The maximum absolute atomic E-state index is 14.0. The van der Waals surface area contributed by atoms with E-state index in [2.05, 4.69) is 11.2 Å². The molecule has 0 saturated carbocycles. The summed E-state index contributed by atoms with van der Waals surface area (Å²) in [6.07, 6.45) is 4.31. The fourth-order valence-corrected chi connectivity index (χ4v) is 2.95. The number of rotatable bonds is 3. The minimum absolute atomic E-state index is 0.0958. The number of amidine groups is 1. The zero-order valence-electron chi connectivity index (χ0n) is 10.4. The second kappa shape index (κ2) is 5.61. The average Bonchev–Trinajstić information content (AvgIpc) is 2.38. The van der Waals surface area contributed by atoms with Gasteiger partial charge in [0.05, 0.1) is 5.69 Å². The lowest BCUT2D eigenvalue weighted by atomic mass is 10.1. The minimum Gasteiger partial charge on any atom is -0.384 e. The van der Waals surface area contributed by atoms with Crippen molar-refractivity contribution in [1.29, 1.82) is 5.41 Å². The number of nitrogens with zero attached hydrogens (tertiary/aromatic N) is 1. The molecule has 0 atom stereocenters. The van der Waals surface area contributed by atoms with Crippen LogP contribution in [0, 0.1) is 11.2 Å². The highest BCUT2D eigenvalue weighted by molar-refractivity contribution is 7.99. The van der Waals surface area contributed by atoms with E-state index >= 15 is 0 Å². The van der Waals surface area contributed by atoms with Crippen molar-refractivity contribution in [2.45, 2.75) is 18.1 Å². The van der Waals surface area contributed by atoms with Crippen LogP contribution in [0.4, 0.5) is 10.1 Å². The van der Waals surface area contributed by atoms with Gasteiger partial charge < -0.3 is 10.6 Å². The molecule has 1 heterocycles. The third-order valence-corrected chi connectivity index (χ3v) is 4.51. The van der Waals surface area contributed by atoms with Crippen LogP contribution in [-0.2, 0) is 0 Å². The zero-order chi connectivity index (χ0) is 13.1. The van der Waals surface area contributed by atoms with E-state index in [0.29, 0.717) is 16.5 Å². The van der Waals surface area contributed by atoms with E-state index < -0.39 is 0 Å². The van der Waals surface area contributed by atoms with Crippen LogP contribution in [-0.4, -0.2) is 30.4 Å². The molecule has 1 fully saturated rings. The van der Waals surface area contributed by atoms with E-state index in [1.165, 1.54) is 6.07 Å². The lowest BCUT2D eigenvalue weighted by molar-refractivity contribution is 0.566. The van der Waals surface area contributed by atoms with Gasteiger partial charge >= 0.3 is 0 Å². The quantitative estimate of drug-likeness (QED) is 0.653. The molecule has 1 aromatic carbocycles. The Kier molecular flexibility index (Phi) is 4.11. The predicted molar refractivity (Wildman–Crippen MR) is 76.2 cm³/mol. The Balaban J connectivity index is 2.12. The number of nitrogen functional groups attached to an aromatic ring is 1. The Bertz CT molecular complexity index is 442. The van der Waals surface area contributed by atoms with Gasteiger partial charge in [-0.1, -0.05) is 0 Å². The largest absolute Gasteiger partial charge is 0.384 e. The van der Waals surface area contributed by atoms with Crippen molar-refractivity contribution in [2.24, 2.45) is 5.73 Å². The van der Waals surface area contributed by atoms with Gasteiger partial charge in [-0.15, -0.1) is 0 Å². The molecule has 0 unspecified atom stereocenters. The van der Waals surface area contributed by atoms with Gasteiger partial charge in [-0.05, 0) is 37.3 Å². The van der Waals surface area contributed by atoms with Gasteiger partial charge in [-0.3, -0.25) is 5.41 Å². The summed E-state index contributed by atoms with van der Waals surface area (Å²) in [7, 11) is 0. The van der Waals surface area contributed by atoms with Crippen LogP contribution in [0.1, 0.15) is 18.4 Å². The molecule has 1 saturated heterocycles. The molecule has 1 aliphatic heterocycles.